The molecule has 0 radical (unpaired) electrons. The molecular weight excluding hydrogens is 468 g/mol. The van der Waals surface area contributed by atoms with Crippen LogP contribution in [0.3, 0.4) is 0 Å². The van der Waals surface area contributed by atoms with Gasteiger partial charge in [-0.05, 0) is 36.8 Å². The van der Waals surface area contributed by atoms with Gasteiger partial charge in [-0.3, -0.25) is 9.78 Å². The van der Waals surface area contributed by atoms with Gasteiger partial charge in [0.15, 0.2) is 0 Å². The van der Waals surface area contributed by atoms with Crippen LogP contribution in [0.4, 0.5) is 0 Å². The lowest BCUT2D eigenvalue weighted by Gasteiger charge is -2.06. The highest BCUT2D eigenvalue weighted by molar-refractivity contribution is 7.22. The van der Waals surface area contributed by atoms with Gasteiger partial charge < -0.3 is 9.72 Å². The number of halogens is 1. The lowest BCUT2D eigenvalue weighted by molar-refractivity contribution is 0.415. The molecule has 4 heterocycles. The van der Waals surface area contributed by atoms with E-state index in [1.165, 1.54) is 28.9 Å². The zero-order valence-electron chi connectivity index (χ0n) is 16.7. The number of methoxy groups -OCH3 is 1. The quantitative estimate of drug-likeness (QED) is 0.397. The summed E-state index contributed by atoms with van der Waals surface area (Å²) in [6.07, 6.45) is 3.10. The minimum atomic E-state index is -0.581. The van der Waals surface area contributed by atoms with Crippen molar-refractivity contribution in [2.75, 3.05) is 7.11 Å². The molecule has 32 heavy (non-hydrogen) atoms. The van der Waals surface area contributed by atoms with Crippen LogP contribution in [0, 0.1) is 18.3 Å². The number of aryl methyl sites for hydroxylation is 1. The number of nitriles is 1. The molecule has 0 aliphatic heterocycles. The van der Waals surface area contributed by atoms with E-state index in [1.54, 1.807) is 44.5 Å². The second-order valence-corrected chi connectivity index (χ2v) is 9.48. The van der Waals surface area contributed by atoms with E-state index in [1.807, 2.05) is 0 Å². The lowest BCUT2D eigenvalue weighted by atomic mass is 10.1. The maximum Gasteiger partial charge on any atom is 0.333 e. The van der Waals surface area contributed by atoms with E-state index in [4.69, 9.17) is 16.3 Å². The number of hydrogen-bond acceptors (Lipinski definition) is 7. The molecule has 5 aromatic rings. The van der Waals surface area contributed by atoms with E-state index in [-0.39, 0.29) is 0 Å². The van der Waals surface area contributed by atoms with Crippen LogP contribution in [0.15, 0.2) is 46.2 Å². The molecular formula is C22H13ClN4O3S2. The third-order valence-corrected chi connectivity index (χ3v) is 7.79. The van der Waals surface area contributed by atoms with E-state index >= 15 is 0 Å². The highest BCUT2D eigenvalue weighted by atomic mass is 35.5. The highest BCUT2D eigenvalue weighted by Crippen LogP contribution is 2.38. The normalized spacial score (nSPS) is 11.2. The number of rotatable bonds is 3. The summed E-state index contributed by atoms with van der Waals surface area (Å²) in [6, 6.07) is 9.14. The molecule has 0 saturated carbocycles. The molecule has 0 amide bonds. The molecule has 158 valence electrons. The van der Waals surface area contributed by atoms with Crippen molar-refractivity contribution < 1.29 is 4.74 Å². The van der Waals surface area contributed by atoms with Gasteiger partial charge in [0.25, 0.3) is 5.56 Å². The van der Waals surface area contributed by atoms with Crippen LogP contribution in [0.2, 0.25) is 5.02 Å². The molecule has 4 aromatic heterocycles. The fraction of sp³-hybridized carbons (Fsp3) is 0.0909. The molecule has 0 bridgehead atoms. The first-order valence-corrected chi connectivity index (χ1v) is 11.3. The summed E-state index contributed by atoms with van der Waals surface area (Å²) in [6.45, 7) is 1.80. The van der Waals surface area contributed by atoms with Gasteiger partial charge in [0.1, 0.15) is 21.4 Å². The Kier molecular flexibility index (Phi) is 4.86. The number of ether oxygens (including phenoxy) is 1. The SMILES string of the molecule is COc1ccc(Cl)c(-c2cc3[nH]c(=O)n(-c4cncc5sc(C#N)c(C)c45)c(=O)c3s2)c1. The molecule has 10 heteroatoms. The molecule has 5 rings (SSSR count). The minimum Gasteiger partial charge on any atom is -0.497 e. The highest BCUT2D eigenvalue weighted by Gasteiger charge is 2.19. The second kappa shape index (κ2) is 7.60. The number of hydrogen-bond donors (Lipinski definition) is 1. The summed E-state index contributed by atoms with van der Waals surface area (Å²) >= 11 is 8.89. The largest absolute Gasteiger partial charge is 0.497 e. The summed E-state index contributed by atoms with van der Waals surface area (Å²) in [5.74, 6) is 0.631. The molecule has 1 N–H and O–H groups in total. The number of aromatic nitrogens is 3. The predicted molar refractivity (Wildman–Crippen MR) is 128 cm³/mol. The van der Waals surface area contributed by atoms with E-state index in [0.29, 0.717) is 48.1 Å². The van der Waals surface area contributed by atoms with Gasteiger partial charge >= 0.3 is 5.69 Å². The average Bonchev–Trinajstić information content (AvgIpc) is 3.35. The Morgan fingerprint density at radius 3 is 2.78 bits per heavy atom. The second-order valence-electron chi connectivity index (χ2n) is 6.97. The van der Waals surface area contributed by atoms with Gasteiger partial charge in [-0.25, -0.2) is 9.36 Å². The van der Waals surface area contributed by atoms with Crippen molar-refractivity contribution in [2.24, 2.45) is 0 Å². The molecule has 0 aliphatic carbocycles. The van der Waals surface area contributed by atoms with Crippen molar-refractivity contribution in [2.45, 2.75) is 6.92 Å². The molecule has 0 fully saturated rings. The number of benzene rings is 1. The Balaban J connectivity index is 1.79. The first-order chi connectivity index (χ1) is 15.4. The van der Waals surface area contributed by atoms with Crippen molar-refractivity contribution in [1.82, 2.24) is 14.5 Å². The average molecular weight is 481 g/mol. The molecule has 1 aromatic carbocycles. The Morgan fingerprint density at radius 2 is 2.03 bits per heavy atom. The van der Waals surface area contributed by atoms with Crippen LogP contribution >= 0.6 is 34.3 Å². The maximum absolute atomic E-state index is 13.4. The minimum absolute atomic E-state index is 0.347. The number of thiophene rings is 2. The van der Waals surface area contributed by atoms with Crippen LogP contribution in [0.5, 0.6) is 5.75 Å². The van der Waals surface area contributed by atoms with Gasteiger partial charge in [0.05, 0.1) is 29.2 Å². The van der Waals surface area contributed by atoms with Gasteiger partial charge in [-0.2, -0.15) is 5.26 Å². The van der Waals surface area contributed by atoms with Crippen molar-refractivity contribution in [3.63, 3.8) is 0 Å². The molecule has 0 aliphatic rings. The summed E-state index contributed by atoms with van der Waals surface area (Å²) in [4.78, 5) is 34.6. The number of aromatic amines is 1. The number of fused-ring (bicyclic) bond motifs is 2. The van der Waals surface area contributed by atoms with Crippen molar-refractivity contribution in [3.8, 4) is 27.9 Å². The third-order valence-electron chi connectivity index (χ3n) is 5.17. The third kappa shape index (κ3) is 3.04. The Labute approximate surface area is 193 Å². The van der Waals surface area contributed by atoms with Crippen LogP contribution in [-0.2, 0) is 0 Å². The maximum atomic E-state index is 13.4. The summed E-state index contributed by atoms with van der Waals surface area (Å²) < 4.78 is 7.47. The summed E-state index contributed by atoms with van der Waals surface area (Å²) in [7, 11) is 1.56. The zero-order valence-corrected chi connectivity index (χ0v) is 19.1. The van der Waals surface area contributed by atoms with E-state index in [0.717, 1.165) is 14.1 Å². The van der Waals surface area contributed by atoms with Crippen molar-refractivity contribution in [1.29, 1.82) is 5.26 Å². The van der Waals surface area contributed by atoms with E-state index < -0.39 is 11.2 Å². The van der Waals surface area contributed by atoms with Crippen molar-refractivity contribution >= 4 is 54.6 Å². The number of H-pyrrole nitrogens is 1. The summed E-state index contributed by atoms with van der Waals surface area (Å²) in [5.41, 5.74) is 1.15. The summed E-state index contributed by atoms with van der Waals surface area (Å²) in [5, 5.41) is 10.6. The number of nitrogens with one attached hydrogen (secondary N) is 1. The van der Waals surface area contributed by atoms with Gasteiger partial charge in [0, 0.05) is 27.0 Å². The smallest absolute Gasteiger partial charge is 0.333 e. The topological polar surface area (TPSA) is 101 Å². The number of pyridine rings is 1. The fourth-order valence-electron chi connectivity index (χ4n) is 3.64. The Morgan fingerprint density at radius 1 is 1.22 bits per heavy atom. The van der Waals surface area contributed by atoms with E-state index in [2.05, 4.69) is 16.0 Å². The zero-order chi connectivity index (χ0) is 22.6. The monoisotopic (exact) mass is 480 g/mol. The first kappa shape index (κ1) is 20.5. The standard InChI is InChI=1S/C22H13ClN4O3S2/c1-10-17(7-24)31-18-9-25-8-15(19(10)18)27-21(28)20-14(26-22(27)29)6-16(32-20)12-5-11(30-2)3-4-13(12)23/h3-6,8-9H,1-2H3,(H,26,29). The molecule has 0 atom stereocenters. The van der Waals surface area contributed by atoms with Crippen LogP contribution in [-0.4, -0.2) is 21.6 Å². The Bertz CT molecular complexity index is 1710. The van der Waals surface area contributed by atoms with Crippen LogP contribution in [0.25, 0.3) is 36.4 Å². The molecule has 0 spiro atoms. The molecule has 7 nitrogen and oxygen atoms in total. The number of nitrogens with zero attached hydrogens (tertiary/aromatic N) is 3. The van der Waals surface area contributed by atoms with Crippen LogP contribution in [0.1, 0.15) is 10.4 Å². The molecule has 0 unspecified atom stereocenters. The van der Waals surface area contributed by atoms with Gasteiger partial charge in [-0.1, -0.05) is 11.6 Å². The van der Waals surface area contributed by atoms with Gasteiger partial charge in [0.2, 0.25) is 0 Å². The van der Waals surface area contributed by atoms with E-state index in [9.17, 15) is 14.9 Å². The lowest BCUT2D eigenvalue weighted by Crippen LogP contribution is -2.33. The molecule has 0 saturated heterocycles. The Hall–Kier alpha value is -3.45. The van der Waals surface area contributed by atoms with Crippen molar-refractivity contribution in [3.05, 3.63) is 73.0 Å². The fourth-order valence-corrected chi connectivity index (χ4v) is 5.98. The van der Waals surface area contributed by atoms with Crippen LogP contribution < -0.4 is 16.0 Å². The first-order valence-electron chi connectivity index (χ1n) is 9.33. The predicted octanol–water partition coefficient (Wildman–Crippen LogP) is 4.86. The van der Waals surface area contributed by atoms with Gasteiger partial charge in [-0.15, -0.1) is 22.7 Å².